The molecule has 158 valence electrons. The summed E-state index contributed by atoms with van der Waals surface area (Å²) in [6.45, 7) is 20.9. The average Bonchev–Trinajstić information content (AvgIpc) is 3.03. The average molecular weight is 399 g/mol. The van der Waals surface area contributed by atoms with E-state index in [1.165, 1.54) is 0 Å². The van der Waals surface area contributed by atoms with Crippen LogP contribution < -0.4 is 0 Å². The highest BCUT2D eigenvalue weighted by molar-refractivity contribution is 6.74. The van der Waals surface area contributed by atoms with Crippen molar-refractivity contribution < 1.29 is 18.7 Å². The molecule has 0 radical (unpaired) electrons. The van der Waals surface area contributed by atoms with E-state index in [4.69, 9.17) is 13.9 Å². The van der Waals surface area contributed by atoms with Crippen LogP contribution in [0.15, 0.2) is 0 Å². The molecule has 1 aliphatic carbocycles. The van der Waals surface area contributed by atoms with Gasteiger partial charge in [0.25, 0.3) is 0 Å². The molecule has 2 fully saturated rings. The molecule has 5 heteroatoms. The van der Waals surface area contributed by atoms with Crippen LogP contribution >= 0.6 is 0 Å². The summed E-state index contributed by atoms with van der Waals surface area (Å²) in [4.78, 5) is 13.6. The minimum absolute atomic E-state index is 0.181. The van der Waals surface area contributed by atoms with Gasteiger partial charge in [-0.2, -0.15) is 0 Å². The Balaban J connectivity index is 2.09. The van der Waals surface area contributed by atoms with Crippen molar-refractivity contribution in [2.45, 2.75) is 111 Å². The summed E-state index contributed by atoms with van der Waals surface area (Å²) in [6, 6.07) is 0. The van der Waals surface area contributed by atoms with Crippen molar-refractivity contribution in [2.75, 3.05) is 13.2 Å². The van der Waals surface area contributed by atoms with E-state index in [2.05, 4.69) is 47.7 Å². The van der Waals surface area contributed by atoms with Crippen LogP contribution in [-0.4, -0.2) is 39.2 Å². The third-order valence-corrected chi connectivity index (χ3v) is 12.3. The Hall–Kier alpha value is -0.233. The third kappa shape index (κ3) is 4.07. The number of hydrogen-bond acceptors (Lipinski definition) is 4. The summed E-state index contributed by atoms with van der Waals surface area (Å²) in [6.07, 6.45) is 4.52. The largest absolute Gasteiger partial charge is 0.414 e. The SMILES string of the molecule is CCC1(CCC(C)O[Si](C)(C)C(C)(C)C)CCC2(OCCO2)C(C)(C)C1=O. The molecule has 2 rings (SSSR count). The summed E-state index contributed by atoms with van der Waals surface area (Å²) in [5, 5.41) is 0.204. The molecule has 0 aromatic rings. The number of hydrogen-bond donors (Lipinski definition) is 0. The number of ketones is 1. The van der Waals surface area contributed by atoms with Crippen LogP contribution in [0.25, 0.3) is 0 Å². The van der Waals surface area contributed by atoms with Crippen LogP contribution in [0.3, 0.4) is 0 Å². The first-order chi connectivity index (χ1) is 12.2. The van der Waals surface area contributed by atoms with Crippen LogP contribution in [0.2, 0.25) is 18.1 Å². The molecule has 1 saturated carbocycles. The second kappa shape index (κ2) is 7.55. The lowest BCUT2D eigenvalue weighted by Gasteiger charge is -2.52. The molecule has 1 aliphatic heterocycles. The molecule has 0 aromatic heterocycles. The Morgan fingerprint density at radius 3 is 2.19 bits per heavy atom. The molecule has 4 nitrogen and oxygen atoms in total. The van der Waals surface area contributed by atoms with Gasteiger partial charge in [0.1, 0.15) is 5.78 Å². The molecule has 1 heterocycles. The van der Waals surface area contributed by atoms with Crippen molar-refractivity contribution in [3.8, 4) is 0 Å². The first-order valence-corrected chi connectivity index (χ1v) is 13.6. The van der Waals surface area contributed by atoms with Crippen molar-refractivity contribution in [3.05, 3.63) is 0 Å². The first kappa shape index (κ1) is 23.0. The molecular formula is C22H42O4Si. The van der Waals surface area contributed by atoms with E-state index in [0.717, 1.165) is 32.1 Å². The van der Waals surface area contributed by atoms with Gasteiger partial charge in [0.15, 0.2) is 14.1 Å². The van der Waals surface area contributed by atoms with Crippen molar-refractivity contribution in [3.63, 3.8) is 0 Å². The maximum absolute atomic E-state index is 13.6. The van der Waals surface area contributed by atoms with Crippen molar-refractivity contribution in [1.82, 2.24) is 0 Å². The number of rotatable bonds is 6. The number of ether oxygens (including phenoxy) is 2. The molecule has 2 atom stereocenters. The lowest BCUT2D eigenvalue weighted by molar-refractivity contribution is -0.248. The van der Waals surface area contributed by atoms with Gasteiger partial charge in [0.2, 0.25) is 0 Å². The Morgan fingerprint density at radius 2 is 1.70 bits per heavy atom. The predicted octanol–water partition coefficient (Wildman–Crippen LogP) is 5.71. The van der Waals surface area contributed by atoms with Crippen LogP contribution in [0, 0.1) is 10.8 Å². The quantitative estimate of drug-likeness (QED) is 0.538. The predicted molar refractivity (Wildman–Crippen MR) is 112 cm³/mol. The molecule has 2 aliphatic rings. The molecule has 0 bridgehead atoms. The van der Waals surface area contributed by atoms with E-state index < -0.39 is 19.5 Å². The monoisotopic (exact) mass is 398 g/mol. The Labute approximate surface area is 167 Å². The van der Waals surface area contributed by atoms with E-state index in [1.807, 2.05) is 13.8 Å². The molecule has 1 saturated heterocycles. The first-order valence-electron chi connectivity index (χ1n) is 10.7. The topological polar surface area (TPSA) is 44.8 Å². The van der Waals surface area contributed by atoms with Gasteiger partial charge >= 0.3 is 0 Å². The second-order valence-electron chi connectivity index (χ2n) is 10.8. The summed E-state index contributed by atoms with van der Waals surface area (Å²) < 4.78 is 18.5. The zero-order chi connectivity index (χ0) is 20.7. The van der Waals surface area contributed by atoms with Gasteiger partial charge in [0, 0.05) is 17.9 Å². The van der Waals surface area contributed by atoms with E-state index in [9.17, 15) is 4.79 Å². The van der Waals surface area contributed by atoms with E-state index in [1.54, 1.807) is 0 Å². The van der Waals surface area contributed by atoms with E-state index in [-0.39, 0.29) is 16.6 Å². The van der Waals surface area contributed by atoms with Gasteiger partial charge in [-0.05, 0) is 64.6 Å². The van der Waals surface area contributed by atoms with Crippen molar-refractivity contribution in [1.29, 1.82) is 0 Å². The van der Waals surface area contributed by atoms with Crippen LogP contribution in [0.4, 0.5) is 0 Å². The Kier molecular flexibility index (Phi) is 6.44. The van der Waals surface area contributed by atoms with Crippen LogP contribution in [0.5, 0.6) is 0 Å². The van der Waals surface area contributed by atoms with Gasteiger partial charge in [-0.15, -0.1) is 0 Å². The number of carbonyl (C=O) groups excluding carboxylic acids is 1. The molecule has 0 amide bonds. The van der Waals surface area contributed by atoms with Gasteiger partial charge < -0.3 is 13.9 Å². The van der Waals surface area contributed by atoms with Crippen molar-refractivity contribution >= 4 is 14.1 Å². The summed E-state index contributed by atoms with van der Waals surface area (Å²) in [5.74, 6) is -0.406. The number of carbonyl (C=O) groups is 1. The van der Waals surface area contributed by atoms with Gasteiger partial charge in [-0.25, -0.2) is 0 Å². The minimum Gasteiger partial charge on any atom is -0.414 e. The molecular weight excluding hydrogens is 356 g/mol. The Bertz CT molecular complexity index is 543. The van der Waals surface area contributed by atoms with E-state index in [0.29, 0.717) is 19.0 Å². The minimum atomic E-state index is -1.79. The van der Waals surface area contributed by atoms with E-state index >= 15 is 0 Å². The second-order valence-corrected chi connectivity index (χ2v) is 15.5. The van der Waals surface area contributed by atoms with Gasteiger partial charge in [0.05, 0.1) is 18.6 Å². The fourth-order valence-corrected chi connectivity index (χ4v) is 6.07. The maximum Gasteiger partial charge on any atom is 0.192 e. The maximum atomic E-state index is 13.6. The zero-order valence-electron chi connectivity index (χ0n) is 19.2. The fourth-order valence-electron chi connectivity index (χ4n) is 4.60. The third-order valence-electron chi connectivity index (χ3n) is 7.70. The van der Waals surface area contributed by atoms with Crippen LogP contribution in [-0.2, 0) is 18.7 Å². The van der Waals surface area contributed by atoms with Crippen LogP contribution in [0.1, 0.15) is 80.6 Å². The van der Waals surface area contributed by atoms with Gasteiger partial charge in [-0.1, -0.05) is 27.7 Å². The summed E-state index contributed by atoms with van der Waals surface area (Å²) in [7, 11) is -1.79. The molecule has 1 spiro atoms. The van der Waals surface area contributed by atoms with Crippen molar-refractivity contribution in [2.24, 2.45) is 10.8 Å². The Morgan fingerprint density at radius 1 is 1.15 bits per heavy atom. The van der Waals surface area contributed by atoms with Gasteiger partial charge in [-0.3, -0.25) is 4.79 Å². The molecule has 2 unspecified atom stereocenters. The normalized spacial score (nSPS) is 29.3. The summed E-state index contributed by atoms with van der Waals surface area (Å²) >= 11 is 0. The highest BCUT2D eigenvalue weighted by atomic mass is 28.4. The molecule has 27 heavy (non-hydrogen) atoms. The standard InChI is InChI=1S/C22H42O4Si/c1-10-21(12-11-17(2)26-27(8,9)19(3,4)5)13-14-22(24-15-16-25-22)20(6,7)18(21)23/h17H,10-16H2,1-9H3. The smallest absolute Gasteiger partial charge is 0.192 e. The lowest BCUT2D eigenvalue weighted by Crippen LogP contribution is -2.60. The molecule has 0 N–H and O–H groups in total. The highest BCUT2D eigenvalue weighted by Crippen LogP contribution is 2.55. The highest BCUT2D eigenvalue weighted by Gasteiger charge is 2.62. The lowest BCUT2D eigenvalue weighted by atomic mass is 9.57. The fraction of sp³-hybridized carbons (Fsp3) is 0.955. The number of Topliss-reactive ketones (excluding diaryl/α,β-unsaturated/α-hetero) is 1. The molecule has 0 aromatic carbocycles. The summed E-state index contributed by atoms with van der Waals surface area (Å²) in [5.41, 5.74) is -0.892. The zero-order valence-corrected chi connectivity index (χ0v) is 20.2.